The highest BCUT2D eigenvalue weighted by Gasteiger charge is 2.17. The van der Waals surface area contributed by atoms with Crippen LogP contribution in [-0.4, -0.2) is 55.2 Å². The van der Waals surface area contributed by atoms with Gasteiger partial charge in [0.05, 0.1) is 6.10 Å². The number of likely N-dealkylation sites (N-methyl/N-ethyl adjacent to an activating group) is 1. The quantitative estimate of drug-likeness (QED) is 0.692. The smallest absolute Gasteiger partial charge is 0.255 e. The highest BCUT2D eigenvalue weighted by molar-refractivity contribution is 6.04. The maximum absolute atomic E-state index is 13.3. The number of carbonyl (C=O) groups excluding carboxylic acids is 3. The van der Waals surface area contributed by atoms with Gasteiger partial charge in [-0.3, -0.25) is 4.79 Å². The first kappa shape index (κ1) is 30.0. The third kappa shape index (κ3) is 10.5. The van der Waals surface area contributed by atoms with Crippen LogP contribution in [-0.2, 0) is 9.59 Å². The van der Waals surface area contributed by atoms with Crippen molar-refractivity contribution in [3.05, 3.63) is 64.7 Å². The minimum atomic E-state index is -0.397. The van der Waals surface area contributed by atoms with Crippen molar-refractivity contribution in [3.8, 4) is 0 Å². The molecule has 0 bridgehead atoms. The third-order valence-electron chi connectivity index (χ3n) is 5.26. The van der Waals surface area contributed by atoms with Crippen molar-refractivity contribution in [3.63, 3.8) is 0 Å². The number of benzene rings is 2. The van der Waals surface area contributed by atoms with Gasteiger partial charge in [-0.25, -0.2) is 8.78 Å². The van der Waals surface area contributed by atoms with Gasteiger partial charge in [-0.15, -0.1) is 0 Å². The van der Waals surface area contributed by atoms with Crippen molar-refractivity contribution < 1.29 is 28.3 Å². The number of rotatable bonds is 2. The van der Waals surface area contributed by atoms with E-state index < -0.39 is 5.91 Å². The minimum Gasteiger partial charge on any atom is -0.392 e. The SMILES string of the molecule is C=O.C=O.CC1CCCC(O)CN1C.Cc1cc(C(=O)Nc2ccc(C)c(F)c2)ccc1F. The minimum absolute atomic E-state index is 0.0880. The van der Waals surface area contributed by atoms with Crippen molar-refractivity contribution >= 4 is 25.2 Å². The molecule has 8 heteroatoms. The average molecular weight is 465 g/mol. The molecule has 0 saturated carbocycles. The number of amides is 1. The number of hydrogen-bond acceptors (Lipinski definition) is 5. The van der Waals surface area contributed by atoms with Gasteiger partial charge in [0, 0.05) is 23.8 Å². The number of halogens is 2. The molecule has 0 aliphatic carbocycles. The monoisotopic (exact) mass is 464 g/mol. The highest BCUT2D eigenvalue weighted by Crippen LogP contribution is 2.16. The molecule has 2 aromatic rings. The molecule has 6 nitrogen and oxygen atoms in total. The predicted molar refractivity (Wildman–Crippen MR) is 126 cm³/mol. The van der Waals surface area contributed by atoms with Gasteiger partial charge >= 0.3 is 0 Å². The summed E-state index contributed by atoms with van der Waals surface area (Å²) in [4.78, 5) is 30.2. The number of likely N-dealkylation sites (tertiary alicyclic amines) is 1. The number of anilines is 1. The van der Waals surface area contributed by atoms with Crippen LogP contribution >= 0.6 is 0 Å². The summed E-state index contributed by atoms with van der Waals surface area (Å²) in [6.07, 6.45) is 3.30. The first-order valence-corrected chi connectivity index (χ1v) is 10.5. The fourth-order valence-electron chi connectivity index (χ4n) is 3.13. The Kier molecular flexibility index (Phi) is 14.4. The molecule has 2 unspecified atom stereocenters. The number of nitrogens with zero attached hydrogens (tertiary/aromatic N) is 1. The molecule has 1 amide bonds. The van der Waals surface area contributed by atoms with E-state index in [0.29, 0.717) is 28.4 Å². The first-order chi connectivity index (χ1) is 15.7. The molecule has 2 N–H and O–H groups in total. The Morgan fingerprint density at radius 1 is 1.00 bits per heavy atom. The topological polar surface area (TPSA) is 86.7 Å². The standard InChI is InChI=1S/C15H13F2NO.C8H17NO.2CH2O/c1-9-3-5-12(8-14(9)17)18-15(19)11-4-6-13(16)10(2)7-11;1-7-4-3-5-8(10)6-9(7)2;2*1-2/h3-8H,1-2H3,(H,18,19);7-8,10H,3-6H2,1-2H3;2*1H2. The van der Waals surface area contributed by atoms with Crippen LogP contribution in [0.4, 0.5) is 14.5 Å². The number of nitrogens with one attached hydrogen (secondary N) is 1. The maximum atomic E-state index is 13.3. The second kappa shape index (κ2) is 15.8. The molecule has 2 aromatic carbocycles. The lowest BCUT2D eigenvalue weighted by Crippen LogP contribution is -2.32. The van der Waals surface area contributed by atoms with Gasteiger partial charge in [0.1, 0.15) is 25.2 Å². The Labute approximate surface area is 194 Å². The van der Waals surface area contributed by atoms with Gasteiger partial charge < -0.3 is 24.9 Å². The predicted octanol–water partition coefficient (Wildman–Crippen LogP) is 4.32. The zero-order valence-electron chi connectivity index (χ0n) is 19.7. The van der Waals surface area contributed by atoms with E-state index in [-0.39, 0.29) is 17.7 Å². The zero-order chi connectivity index (χ0) is 25.6. The van der Waals surface area contributed by atoms with Crippen LogP contribution in [0.25, 0.3) is 0 Å². The van der Waals surface area contributed by atoms with Crippen LogP contribution in [0.5, 0.6) is 0 Å². The number of β-amino-alcohol motifs (C(OH)–C–C–N with tert-alkyl or cyclic N) is 1. The van der Waals surface area contributed by atoms with Crippen molar-refractivity contribution in [1.29, 1.82) is 0 Å². The molecular formula is C25H34F2N2O4. The van der Waals surface area contributed by atoms with Crippen LogP contribution in [0.15, 0.2) is 36.4 Å². The summed E-state index contributed by atoms with van der Waals surface area (Å²) in [6, 6.07) is 9.19. The van der Waals surface area contributed by atoms with E-state index in [1.165, 1.54) is 37.1 Å². The highest BCUT2D eigenvalue weighted by atomic mass is 19.1. The number of hydrogen-bond donors (Lipinski definition) is 2. The van der Waals surface area contributed by atoms with Crippen LogP contribution in [0.2, 0.25) is 0 Å². The van der Waals surface area contributed by atoms with E-state index in [0.717, 1.165) is 13.0 Å². The fourth-order valence-corrected chi connectivity index (χ4v) is 3.13. The molecule has 0 radical (unpaired) electrons. The molecule has 0 aromatic heterocycles. The lowest BCUT2D eigenvalue weighted by atomic mass is 10.1. The summed E-state index contributed by atoms with van der Waals surface area (Å²) < 4.78 is 26.5. The van der Waals surface area contributed by atoms with E-state index >= 15 is 0 Å². The fraction of sp³-hybridized carbons (Fsp3) is 0.400. The van der Waals surface area contributed by atoms with Crippen LogP contribution in [0.1, 0.15) is 47.7 Å². The zero-order valence-corrected chi connectivity index (χ0v) is 19.7. The molecule has 1 heterocycles. The normalized spacial score (nSPS) is 17.5. The summed E-state index contributed by atoms with van der Waals surface area (Å²) >= 11 is 0. The third-order valence-corrected chi connectivity index (χ3v) is 5.26. The number of aryl methyl sites for hydroxylation is 2. The van der Waals surface area contributed by atoms with Gasteiger partial charge in [-0.05, 0) is 88.5 Å². The summed E-state index contributed by atoms with van der Waals surface area (Å²) in [5, 5.41) is 11.9. The maximum Gasteiger partial charge on any atom is 0.255 e. The molecule has 3 rings (SSSR count). The second-order valence-corrected chi connectivity index (χ2v) is 7.76. The molecule has 2 atom stereocenters. The average Bonchev–Trinajstić information content (AvgIpc) is 2.95. The summed E-state index contributed by atoms with van der Waals surface area (Å²) in [6.45, 7) is 10.3. The van der Waals surface area contributed by atoms with E-state index in [9.17, 15) is 18.7 Å². The molecule has 1 fully saturated rings. The Bertz CT molecular complexity index is 877. The summed E-state index contributed by atoms with van der Waals surface area (Å²) in [7, 11) is 2.08. The number of aliphatic hydroxyl groups is 1. The molecule has 1 saturated heterocycles. The van der Waals surface area contributed by atoms with Crippen LogP contribution < -0.4 is 5.32 Å². The summed E-state index contributed by atoms with van der Waals surface area (Å²) in [5.74, 6) is -1.14. The number of carbonyl (C=O) groups is 3. The second-order valence-electron chi connectivity index (χ2n) is 7.76. The molecule has 182 valence electrons. The van der Waals surface area contributed by atoms with Crippen LogP contribution in [0.3, 0.4) is 0 Å². The Morgan fingerprint density at radius 2 is 1.64 bits per heavy atom. The Morgan fingerprint density at radius 3 is 2.21 bits per heavy atom. The van der Waals surface area contributed by atoms with Crippen LogP contribution in [0, 0.1) is 25.5 Å². The van der Waals surface area contributed by atoms with Crippen molar-refractivity contribution in [1.82, 2.24) is 4.90 Å². The van der Waals surface area contributed by atoms with Crippen molar-refractivity contribution in [2.75, 3.05) is 18.9 Å². The van der Waals surface area contributed by atoms with Crippen molar-refractivity contribution in [2.45, 2.75) is 52.2 Å². The Balaban J connectivity index is 0.000000617. The van der Waals surface area contributed by atoms with Gasteiger partial charge in [0.2, 0.25) is 0 Å². The van der Waals surface area contributed by atoms with Gasteiger partial charge in [0.15, 0.2) is 0 Å². The number of aliphatic hydroxyl groups excluding tert-OH is 1. The van der Waals surface area contributed by atoms with Crippen molar-refractivity contribution in [2.24, 2.45) is 0 Å². The van der Waals surface area contributed by atoms with Gasteiger partial charge in [-0.2, -0.15) is 0 Å². The lowest BCUT2D eigenvalue weighted by Gasteiger charge is -2.22. The molecule has 0 spiro atoms. The molecule has 1 aliphatic rings. The Hall–Kier alpha value is -2.97. The first-order valence-electron chi connectivity index (χ1n) is 10.5. The summed E-state index contributed by atoms with van der Waals surface area (Å²) in [5.41, 5.74) is 1.60. The molecule has 33 heavy (non-hydrogen) atoms. The van der Waals surface area contributed by atoms with Gasteiger partial charge in [-0.1, -0.05) is 6.07 Å². The van der Waals surface area contributed by atoms with E-state index in [4.69, 9.17) is 9.59 Å². The lowest BCUT2D eigenvalue weighted by molar-refractivity contribution is -0.0987. The largest absolute Gasteiger partial charge is 0.392 e. The molecular weight excluding hydrogens is 430 g/mol. The van der Waals surface area contributed by atoms with E-state index in [2.05, 4.69) is 24.2 Å². The van der Waals surface area contributed by atoms with E-state index in [1.54, 1.807) is 26.0 Å². The van der Waals surface area contributed by atoms with E-state index in [1.807, 2.05) is 13.6 Å². The van der Waals surface area contributed by atoms with Gasteiger partial charge in [0.25, 0.3) is 5.91 Å². The molecule has 1 aliphatic heterocycles.